The van der Waals surface area contributed by atoms with Crippen molar-refractivity contribution in [1.29, 1.82) is 0 Å². The van der Waals surface area contributed by atoms with Crippen molar-refractivity contribution in [3.05, 3.63) is 0 Å². The van der Waals surface area contributed by atoms with Crippen molar-refractivity contribution in [3.63, 3.8) is 0 Å². The Labute approximate surface area is 151 Å². The average molecular weight is 333 g/mol. The molecule has 2 unspecified atom stereocenters. The highest BCUT2D eigenvalue weighted by atomic mass is 16.6. The Kier molecular flexibility index (Phi) is 6.03. The quantitative estimate of drug-likeness (QED) is 0.484. The van der Waals surface area contributed by atoms with Gasteiger partial charge in [0, 0.05) is 17.2 Å². The molecule has 5 heteroatoms. The molecule has 1 saturated heterocycles. The van der Waals surface area contributed by atoms with E-state index in [1.54, 1.807) is 0 Å². The highest BCUT2D eigenvalue weighted by Crippen LogP contribution is 2.73. The minimum Gasteiger partial charge on any atom is -0.460 e. The Morgan fingerprint density at radius 1 is 1.12 bits per heavy atom. The molecule has 3 radical (unpaired) electrons. The van der Waals surface area contributed by atoms with E-state index >= 15 is 0 Å². The van der Waals surface area contributed by atoms with Crippen molar-refractivity contribution in [2.24, 2.45) is 5.41 Å². The zero-order valence-electron chi connectivity index (χ0n) is 17.2. The van der Waals surface area contributed by atoms with E-state index in [2.05, 4.69) is 41.9 Å². The van der Waals surface area contributed by atoms with Crippen LogP contribution in [0.5, 0.6) is 0 Å². The lowest BCUT2D eigenvalue weighted by molar-refractivity contribution is -0.162. The maximum Gasteiger partial charge on any atom is 0.304 e. The molecule has 1 aliphatic heterocycles. The first-order chi connectivity index (χ1) is 10.6. The van der Waals surface area contributed by atoms with Gasteiger partial charge in [-0.25, -0.2) is 0 Å². The predicted molar refractivity (Wildman–Crippen MR) is 102 cm³/mol. The van der Waals surface area contributed by atoms with Gasteiger partial charge in [0.2, 0.25) is 0 Å². The minimum absolute atomic E-state index is 0.0685. The molecular formula is C19H35B2O3. The standard InChI is InChI=1S/C19H35B2O3/c1-10-18(9,20)23-12-11-16(5,6)24-14(22)19(13-15(2,3)4)17(7,8)21-19/h10-13H2,1-9H3. The molecule has 2 atom stereocenters. The first-order valence-corrected chi connectivity index (χ1v) is 9.09. The summed E-state index contributed by atoms with van der Waals surface area (Å²) < 4.78 is 11.6. The lowest BCUT2D eigenvalue weighted by atomic mass is 9.74. The van der Waals surface area contributed by atoms with Crippen LogP contribution in [0.25, 0.3) is 0 Å². The Bertz CT molecular complexity index is 464. The van der Waals surface area contributed by atoms with Crippen LogP contribution in [0.4, 0.5) is 0 Å². The van der Waals surface area contributed by atoms with Crippen LogP contribution in [0.3, 0.4) is 0 Å². The molecule has 0 aromatic rings. The van der Waals surface area contributed by atoms with Crippen molar-refractivity contribution in [2.75, 3.05) is 6.61 Å². The third-order valence-corrected chi connectivity index (χ3v) is 5.05. The predicted octanol–water partition coefficient (Wildman–Crippen LogP) is 4.52. The number of carbonyl (C=O) groups is 1. The van der Waals surface area contributed by atoms with E-state index in [0.29, 0.717) is 13.0 Å². The number of esters is 1. The molecule has 0 spiro atoms. The molecule has 0 aromatic heterocycles. The molecule has 1 heterocycles. The highest BCUT2D eigenvalue weighted by Gasteiger charge is 2.68. The third kappa shape index (κ3) is 5.54. The van der Waals surface area contributed by atoms with Gasteiger partial charge in [0.05, 0.1) is 6.61 Å². The SMILES string of the molecule is [B]C(C)(CC)OCCC(C)(C)OC(=O)C1(CC(C)(C)C)[B]C1(C)C. The zero-order valence-corrected chi connectivity index (χ0v) is 17.2. The molecule has 24 heavy (non-hydrogen) atoms. The van der Waals surface area contributed by atoms with Gasteiger partial charge in [-0.15, -0.1) is 0 Å². The summed E-state index contributed by atoms with van der Waals surface area (Å²) in [4.78, 5) is 12.9. The van der Waals surface area contributed by atoms with E-state index in [1.807, 2.05) is 27.7 Å². The topological polar surface area (TPSA) is 35.5 Å². The summed E-state index contributed by atoms with van der Waals surface area (Å²) in [5.74, 6) is -0.113. The summed E-state index contributed by atoms with van der Waals surface area (Å²) in [6.07, 6.45) is 2.16. The molecule has 0 amide bonds. The second-order valence-corrected chi connectivity index (χ2v) is 9.99. The molecule has 0 saturated carbocycles. The lowest BCUT2D eigenvalue weighted by Gasteiger charge is -2.34. The van der Waals surface area contributed by atoms with Crippen LogP contribution in [0.2, 0.25) is 10.6 Å². The van der Waals surface area contributed by atoms with E-state index in [0.717, 1.165) is 12.8 Å². The Morgan fingerprint density at radius 3 is 2.00 bits per heavy atom. The molecule has 0 bridgehead atoms. The van der Waals surface area contributed by atoms with E-state index in [9.17, 15) is 4.79 Å². The fourth-order valence-electron chi connectivity index (χ4n) is 3.11. The maximum absolute atomic E-state index is 12.9. The van der Waals surface area contributed by atoms with Crippen molar-refractivity contribution in [3.8, 4) is 0 Å². The molecule has 135 valence electrons. The molecule has 1 fully saturated rings. The molecular weight excluding hydrogens is 298 g/mol. The Balaban J connectivity index is 2.67. The second-order valence-electron chi connectivity index (χ2n) is 9.99. The highest BCUT2D eigenvalue weighted by molar-refractivity contribution is 6.66. The van der Waals surface area contributed by atoms with Crippen LogP contribution >= 0.6 is 0 Å². The van der Waals surface area contributed by atoms with E-state index in [-0.39, 0.29) is 16.7 Å². The maximum atomic E-state index is 12.9. The summed E-state index contributed by atoms with van der Waals surface area (Å²) in [7, 11) is 8.13. The van der Waals surface area contributed by atoms with E-state index in [1.165, 1.54) is 0 Å². The number of ether oxygens (including phenoxy) is 2. The van der Waals surface area contributed by atoms with Gasteiger partial charge in [0.15, 0.2) is 0 Å². The van der Waals surface area contributed by atoms with E-state index in [4.69, 9.17) is 17.3 Å². The third-order valence-electron chi connectivity index (χ3n) is 5.05. The number of hydrogen-bond donors (Lipinski definition) is 0. The zero-order chi connectivity index (χ0) is 19.0. The normalized spacial score (nSPS) is 25.5. The first kappa shape index (κ1) is 21.6. The van der Waals surface area contributed by atoms with Crippen molar-refractivity contribution in [2.45, 2.75) is 103 Å². The smallest absolute Gasteiger partial charge is 0.304 e. The van der Waals surface area contributed by atoms with E-state index < -0.39 is 16.4 Å². The number of carbonyl (C=O) groups excluding carboxylic acids is 1. The largest absolute Gasteiger partial charge is 0.460 e. The van der Waals surface area contributed by atoms with Crippen molar-refractivity contribution < 1.29 is 14.3 Å². The summed E-state index contributed by atoms with van der Waals surface area (Å²) in [5, 5.41) is -0.586. The average Bonchev–Trinajstić information content (AvgIpc) is 2.88. The molecule has 0 aromatic carbocycles. The number of hydrogen-bond acceptors (Lipinski definition) is 3. The minimum atomic E-state index is -0.625. The van der Waals surface area contributed by atoms with Gasteiger partial charge in [-0.05, 0) is 39.0 Å². The van der Waals surface area contributed by atoms with Crippen LogP contribution in [-0.4, -0.2) is 38.8 Å². The van der Waals surface area contributed by atoms with Gasteiger partial charge in [-0.3, -0.25) is 4.79 Å². The van der Waals surface area contributed by atoms with Crippen molar-refractivity contribution >= 4 is 21.1 Å². The first-order valence-electron chi connectivity index (χ1n) is 9.09. The van der Waals surface area contributed by atoms with Crippen LogP contribution in [-0.2, 0) is 14.3 Å². The van der Waals surface area contributed by atoms with Crippen LogP contribution in [0.15, 0.2) is 0 Å². The van der Waals surface area contributed by atoms with Gasteiger partial charge in [-0.2, -0.15) is 0 Å². The monoisotopic (exact) mass is 333 g/mol. The fourth-order valence-corrected chi connectivity index (χ4v) is 3.11. The Morgan fingerprint density at radius 2 is 1.62 bits per heavy atom. The summed E-state index contributed by atoms with van der Waals surface area (Å²) in [6.45, 7) is 18.9. The Hall–Kier alpha value is -0.440. The van der Waals surface area contributed by atoms with Gasteiger partial charge in [0.1, 0.15) is 20.7 Å². The molecule has 1 aliphatic rings. The van der Waals surface area contributed by atoms with Gasteiger partial charge < -0.3 is 9.47 Å². The van der Waals surface area contributed by atoms with Crippen LogP contribution in [0, 0.1) is 5.41 Å². The van der Waals surface area contributed by atoms with Gasteiger partial charge in [0.25, 0.3) is 0 Å². The van der Waals surface area contributed by atoms with Crippen LogP contribution in [0.1, 0.15) is 81.6 Å². The summed E-state index contributed by atoms with van der Waals surface area (Å²) in [5.41, 5.74) is -1.13. The summed E-state index contributed by atoms with van der Waals surface area (Å²) >= 11 is 0. The molecule has 0 N–H and O–H groups in total. The molecule has 3 nitrogen and oxygen atoms in total. The number of rotatable bonds is 8. The van der Waals surface area contributed by atoms with Gasteiger partial charge >= 0.3 is 5.97 Å². The second kappa shape index (κ2) is 6.70. The van der Waals surface area contributed by atoms with Crippen molar-refractivity contribution in [1.82, 2.24) is 0 Å². The van der Waals surface area contributed by atoms with Gasteiger partial charge in [-0.1, -0.05) is 46.9 Å². The summed E-state index contributed by atoms with van der Waals surface area (Å²) in [6, 6.07) is 0. The van der Waals surface area contributed by atoms with Crippen LogP contribution < -0.4 is 0 Å². The molecule has 0 aliphatic carbocycles. The lowest BCUT2D eigenvalue weighted by Crippen LogP contribution is -2.36. The fraction of sp³-hybridized carbons (Fsp3) is 0.947. The molecule has 1 rings (SSSR count).